The molecule has 2 saturated carbocycles. The summed E-state index contributed by atoms with van der Waals surface area (Å²) in [6.07, 6.45) is 0.629. The molecule has 14 heavy (non-hydrogen) atoms. The lowest BCUT2D eigenvalue weighted by molar-refractivity contribution is -0.357. The third-order valence-corrected chi connectivity index (χ3v) is 3.62. The normalized spacial score (nSPS) is 50.6. The summed E-state index contributed by atoms with van der Waals surface area (Å²) in [6.45, 7) is -0.187. The van der Waals surface area contributed by atoms with Gasteiger partial charge in [0.25, 0.3) is 0 Å². The van der Waals surface area contributed by atoms with E-state index in [-0.39, 0.29) is 25.2 Å². The maximum Gasteiger partial charge on any atom is 0.117 e. The van der Waals surface area contributed by atoms with Gasteiger partial charge in [0.15, 0.2) is 0 Å². The zero-order valence-electron chi connectivity index (χ0n) is 7.89. The molecule has 4 N–H and O–H groups in total. The molecule has 0 aromatic rings. The van der Waals surface area contributed by atoms with E-state index in [1.54, 1.807) is 0 Å². The van der Waals surface area contributed by atoms with Crippen LogP contribution in [0.25, 0.3) is 0 Å². The summed E-state index contributed by atoms with van der Waals surface area (Å²) in [5.74, 6) is -0.0915. The van der Waals surface area contributed by atoms with Crippen LogP contribution in [0.4, 0.5) is 0 Å². The Balaban J connectivity index is 1.89. The zero-order chi connectivity index (χ0) is 10.4. The van der Waals surface area contributed by atoms with Crippen molar-refractivity contribution >= 4 is 0 Å². The molecule has 82 valence electrons. The number of aliphatic hydroxyl groups excluding tert-OH is 2. The highest BCUT2D eigenvalue weighted by Crippen LogP contribution is 2.60. The van der Waals surface area contributed by atoms with Crippen molar-refractivity contribution < 1.29 is 25.2 Å². The van der Waals surface area contributed by atoms with E-state index < -0.39 is 17.8 Å². The SMILES string of the molecule is OCCOC1CC2(O)C1CC2(O)CO. The number of hydrogen-bond donors (Lipinski definition) is 4. The Morgan fingerprint density at radius 2 is 1.93 bits per heavy atom. The molecule has 0 radical (unpaired) electrons. The number of ether oxygens (including phenoxy) is 1. The van der Waals surface area contributed by atoms with Crippen LogP contribution in [0, 0.1) is 5.92 Å². The largest absolute Gasteiger partial charge is 0.394 e. The number of fused-ring (bicyclic) bond motifs is 1. The summed E-state index contributed by atoms with van der Waals surface area (Å²) in [4.78, 5) is 0. The number of aliphatic hydroxyl groups is 4. The van der Waals surface area contributed by atoms with Gasteiger partial charge in [-0.1, -0.05) is 0 Å². The standard InChI is InChI=1S/C9H16O5/c10-1-2-14-7-4-9(13)6(7)3-8(9,12)5-11/h6-7,10-13H,1-5H2. The van der Waals surface area contributed by atoms with E-state index in [1.807, 2.05) is 0 Å². The van der Waals surface area contributed by atoms with E-state index in [2.05, 4.69) is 0 Å². The first kappa shape index (κ1) is 10.3. The Labute approximate surface area is 81.9 Å². The Morgan fingerprint density at radius 1 is 1.21 bits per heavy atom. The molecule has 2 fully saturated rings. The molecule has 0 heterocycles. The number of rotatable bonds is 4. The van der Waals surface area contributed by atoms with Crippen molar-refractivity contribution in [2.24, 2.45) is 5.92 Å². The van der Waals surface area contributed by atoms with Gasteiger partial charge in [-0.15, -0.1) is 0 Å². The molecular weight excluding hydrogens is 188 g/mol. The average molecular weight is 204 g/mol. The quantitative estimate of drug-likeness (QED) is 0.435. The van der Waals surface area contributed by atoms with Gasteiger partial charge in [0, 0.05) is 12.3 Å². The van der Waals surface area contributed by atoms with Crippen LogP contribution in [0.3, 0.4) is 0 Å². The Hall–Kier alpha value is -0.200. The van der Waals surface area contributed by atoms with Crippen molar-refractivity contribution in [3.05, 3.63) is 0 Å². The van der Waals surface area contributed by atoms with Crippen LogP contribution in [0.5, 0.6) is 0 Å². The summed E-state index contributed by atoms with van der Waals surface area (Å²) in [5.41, 5.74) is -2.50. The molecular formula is C9H16O5. The molecule has 2 aliphatic rings. The molecule has 5 heteroatoms. The Bertz CT molecular complexity index is 233. The van der Waals surface area contributed by atoms with Gasteiger partial charge in [-0.25, -0.2) is 0 Å². The van der Waals surface area contributed by atoms with Gasteiger partial charge in [-0.3, -0.25) is 0 Å². The van der Waals surface area contributed by atoms with Crippen LogP contribution in [0.1, 0.15) is 12.8 Å². The predicted molar refractivity (Wildman–Crippen MR) is 46.5 cm³/mol. The third kappa shape index (κ3) is 1.07. The summed E-state index contributed by atoms with van der Waals surface area (Å²) in [7, 11) is 0. The fourth-order valence-corrected chi connectivity index (χ4v) is 2.57. The minimum absolute atomic E-state index is 0.0358. The molecule has 5 nitrogen and oxygen atoms in total. The van der Waals surface area contributed by atoms with Crippen molar-refractivity contribution in [3.8, 4) is 0 Å². The lowest BCUT2D eigenvalue weighted by atomic mass is 9.45. The van der Waals surface area contributed by atoms with Crippen LogP contribution in [0.15, 0.2) is 0 Å². The van der Waals surface area contributed by atoms with Gasteiger partial charge in [0.2, 0.25) is 0 Å². The van der Waals surface area contributed by atoms with Crippen molar-refractivity contribution in [2.75, 3.05) is 19.8 Å². The van der Waals surface area contributed by atoms with E-state index >= 15 is 0 Å². The van der Waals surface area contributed by atoms with E-state index in [9.17, 15) is 10.2 Å². The average Bonchev–Trinajstić information content (AvgIpc) is 2.20. The van der Waals surface area contributed by atoms with E-state index in [1.165, 1.54) is 0 Å². The molecule has 2 rings (SSSR count). The van der Waals surface area contributed by atoms with Gasteiger partial charge in [0.05, 0.1) is 25.9 Å². The molecule has 0 saturated heterocycles. The third-order valence-electron chi connectivity index (χ3n) is 3.62. The first-order chi connectivity index (χ1) is 6.57. The van der Waals surface area contributed by atoms with Gasteiger partial charge in [-0.2, -0.15) is 0 Å². The molecule has 0 aromatic carbocycles. The van der Waals surface area contributed by atoms with Crippen molar-refractivity contribution in [1.82, 2.24) is 0 Å². The molecule has 0 spiro atoms. The summed E-state index contributed by atoms with van der Waals surface area (Å²) >= 11 is 0. The monoisotopic (exact) mass is 204 g/mol. The van der Waals surface area contributed by atoms with Crippen molar-refractivity contribution in [1.29, 1.82) is 0 Å². The predicted octanol–water partition coefficient (Wildman–Crippen LogP) is -1.76. The molecule has 4 atom stereocenters. The highest BCUT2D eigenvalue weighted by molar-refractivity contribution is 5.24. The van der Waals surface area contributed by atoms with Crippen LogP contribution < -0.4 is 0 Å². The molecule has 0 aliphatic heterocycles. The summed E-state index contributed by atoms with van der Waals surface area (Å²) in [6, 6.07) is 0. The van der Waals surface area contributed by atoms with Crippen LogP contribution >= 0.6 is 0 Å². The van der Waals surface area contributed by atoms with Crippen LogP contribution in [-0.2, 0) is 4.74 Å². The lowest BCUT2D eigenvalue weighted by Crippen LogP contribution is -2.81. The summed E-state index contributed by atoms with van der Waals surface area (Å²) in [5, 5.41) is 37.1. The lowest BCUT2D eigenvalue weighted by Gasteiger charge is -2.67. The first-order valence-electron chi connectivity index (χ1n) is 4.85. The van der Waals surface area contributed by atoms with E-state index in [0.29, 0.717) is 12.8 Å². The van der Waals surface area contributed by atoms with Crippen molar-refractivity contribution in [3.63, 3.8) is 0 Å². The minimum Gasteiger partial charge on any atom is -0.394 e. The maximum atomic E-state index is 9.90. The number of hydrogen-bond acceptors (Lipinski definition) is 5. The fourth-order valence-electron chi connectivity index (χ4n) is 2.57. The minimum atomic E-state index is -1.34. The second kappa shape index (κ2) is 3.15. The maximum absolute atomic E-state index is 9.90. The second-order valence-corrected chi connectivity index (χ2v) is 4.26. The zero-order valence-corrected chi connectivity index (χ0v) is 7.89. The van der Waals surface area contributed by atoms with E-state index in [4.69, 9.17) is 14.9 Å². The molecule has 0 bridgehead atoms. The summed E-state index contributed by atoms with van der Waals surface area (Å²) < 4.78 is 5.26. The molecule has 4 unspecified atom stereocenters. The first-order valence-corrected chi connectivity index (χ1v) is 4.85. The van der Waals surface area contributed by atoms with Crippen molar-refractivity contribution in [2.45, 2.75) is 30.1 Å². The smallest absolute Gasteiger partial charge is 0.117 e. The van der Waals surface area contributed by atoms with Crippen LogP contribution in [-0.4, -0.2) is 57.6 Å². The second-order valence-electron chi connectivity index (χ2n) is 4.26. The van der Waals surface area contributed by atoms with Crippen LogP contribution in [0.2, 0.25) is 0 Å². The van der Waals surface area contributed by atoms with Gasteiger partial charge in [0.1, 0.15) is 11.2 Å². The Kier molecular flexibility index (Phi) is 2.32. The fraction of sp³-hybridized carbons (Fsp3) is 1.00. The van der Waals surface area contributed by atoms with E-state index in [0.717, 1.165) is 0 Å². The highest BCUT2D eigenvalue weighted by Gasteiger charge is 2.73. The Morgan fingerprint density at radius 3 is 2.36 bits per heavy atom. The van der Waals surface area contributed by atoms with Gasteiger partial charge in [-0.05, 0) is 6.42 Å². The van der Waals surface area contributed by atoms with Gasteiger partial charge >= 0.3 is 0 Å². The van der Waals surface area contributed by atoms with Gasteiger partial charge < -0.3 is 25.2 Å². The topological polar surface area (TPSA) is 90.2 Å². The molecule has 2 aliphatic carbocycles. The molecule has 0 aromatic heterocycles. The molecule has 0 amide bonds. The highest BCUT2D eigenvalue weighted by atomic mass is 16.5.